The molecule has 0 heterocycles. The van der Waals surface area contributed by atoms with Crippen molar-refractivity contribution in [1.82, 2.24) is 5.32 Å². The predicted molar refractivity (Wildman–Crippen MR) is 56.6 cm³/mol. The molecule has 80 valence electrons. The second-order valence-electron chi connectivity index (χ2n) is 3.99. The van der Waals surface area contributed by atoms with Crippen molar-refractivity contribution in [1.29, 1.82) is 0 Å². The summed E-state index contributed by atoms with van der Waals surface area (Å²) in [5, 5.41) is 2.93. The summed E-state index contributed by atoms with van der Waals surface area (Å²) in [7, 11) is -1.07. The van der Waals surface area contributed by atoms with Crippen molar-refractivity contribution < 1.29 is 8.42 Å². The molecule has 0 aliphatic carbocycles. The van der Waals surface area contributed by atoms with E-state index in [1.54, 1.807) is 7.05 Å². The average molecular weight is 207 g/mol. The second-order valence-corrected chi connectivity index (χ2v) is 6.22. The highest BCUT2D eigenvalue weighted by Gasteiger charge is 2.14. The van der Waals surface area contributed by atoms with E-state index >= 15 is 0 Å². The molecule has 0 saturated carbocycles. The predicted octanol–water partition coefficient (Wildman–Crippen LogP) is 1.06. The lowest BCUT2D eigenvalue weighted by Gasteiger charge is -2.11. The number of hydrogen-bond acceptors (Lipinski definition) is 3. The van der Waals surface area contributed by atoms with Crippen LogP contribution in [0.1, 0.15) is 27.2 Å². The van der Waals surface area contributed by atoms with Crippen molar-refractivity contribution in [2.24, 2.45) is 5.92 Å². The summed E-state index contributed by atoms with van der Waals surface area (Å²) in [6, 6.07) is 0.0529. The van der Waals surface area contributed by atoms with E-state index in [0.29, 0.717) is 11.7 Å². The molecule has 0 radical (unpaired) electrons. The Hall–Kier alpha value is -0.0900. The molecule has 0 aromatic rings. The minimum Gasteiger partial charge on any atom is -0.316 e. The molecule has 0 saturated heterocycles. The Morgan fingerprint density at radius 1 is 1.23 bits per heavy atom. The van der Waals surface area contributed by atoms with E-state index < -0.39 is 9.84 Å². The Morgan fingerprint density at radius 3 is 2.15 bits per heavy atom. The van der Waals surface area contributed by atoms with Crippen LogP contribution in [0, 0.1) is 5.92 Å². The van der Waals surface area contributed by atoms with Gasteiger partial charge >= 0.3 is 0 Å². The third-order valence-electron chi connectivity index (χ3n) is 2.00. The van der Waals surface area contributed by atoms with Gasteiger partial charge < -0.3 is 5.32 Å². The summed E-state index contributed by atoms with van der Waals surface area (Å²) < 4.78 is 22.9. The molecular formula is C9H21NO2S. The van der Waals surface area contributed by atoms with Gasteiger partial charge in [-0.1, -0.05) is 13.8 Å². The standard InChI is InChI=1S/C9H21NO2S/c1-8(2)5-6-13(11,12)7-9(3)10-4/h8-10H,5-7H2,1-4H3. The normalized spacial score (nSPS) is 14.8. The fourth-order valence-electron chi connectivity index (χ4n) is 0.963. The molecule has 0 aliphatic heterocycles. The molecule has 1 atom stereocenters. The minimum atomic E-state index is -2.85. The van der Waals surface area contributed by atoms with Gasteiger partial charge in [-0.3, -0.25) is 0 Å². The van der Waals surface area contributed by atoms with E-state index in [0.717, 1.165) is 6.42 Å². The van der Waals surface area contributed by atoms with Crippen LogP contribution in [0.25, 0.3) is 0 Å². The molecule has 1 N–H and O–H groups in total. The Labute approximate surface area is 81.8 Å². The number of hydrogen-bond donors (Lipinski definition) is 1. The third kappa shape index (κ3) is 7.02. The first-order chi connectivity index (χ1) is 5.87. The Balaban J connectivity index is 3.95. The maximum absolute atomic E-state index is 11.5. The fourth-order valence-corrected chi connectivity index (χ4v) is 2.89. The average Bonchev–Trinajstić information content (AvgIpc) is 2.00. The van der Waals surface area contributed by atoms with Gasteiger partial charge in [0.1, 0.15) is 0 Å². The zero-order valence-electron chi connectivity index (χ0n) is 9.00. The zero-order valence-corrected chi connectivity index (χ0v) is 9.82. The van der Waals surface area contributed by atoms with Gasteiger partial charge in [-0.2, -0.15) is 0 Å². The van der Waals surface area contributed by atoms with Crippen molar-refractivity contribution in [3.8, 4) is 0 Å². The fraction of sp³-hybridized carbons (Fsp3) is 1.00. The third-order valence-corrected chi connectivity index (χ3v) is 3.87. The Kier molecular flexibility index (Phi) is 5.56. The van der Waals surface area contributed by atoms with Gasteiger partial charge in [0.2, 0.25) is 0 Å². The van der Waals surface area contributed by atoms with Gasteiger partial charge in [-0.05, 0) is 26.3 Å². The van der Waals surface area contributed by atoms with Gasteiger partial charge in [0.15, 0.2) is 9.84 Å². The summed E-state index contributed by atoms with van der Waals surface area (Å²) in [5.74, 6) is 1.02. The lowest BCUT2D eigenvalue weighted by molar-refractivity contribution is 0.561. The monoisotopic (exact) mass is 207 g/mol. The number of sulfone groups is 1. The van der Waals surface area contributed by atoms with Crippen LogP contribution in [-0.4, -0.2) is 33.0 Å². The van der Waals surface area contributed by atoms with E-state index in [1.165, 1.54) is 0 Å². The molecule has 0 spiro atoms. The lowest BCUT2D eigenvalue weighted by Crippen LogP contribution is -2.31. The molecule has 0 rings (SSSR count). The summed E-state index contributed by atoms with van der Waals surface area (Å²) in [6.45, 7) is 5.96. The molecule has 0 amide bonds. The van der Waals surface area contributed by atoms with Crippen LogP contribution in [0.4, 0.5) is 0 Å². The smallest absolute Gasteiger partial charge is 0.151 e. The highest BCUT2D eigenvalue weighted by Crippen LogP contribution is 2.04. The quantitative estimate of drug-likeness (QED) is 0.708. The minimum absolute atomic E-state index is 0.0529. The molecule has 0 fully saturated rings. The maximum atomic E-state index is 11.5. The summed E-state index contributed by atoms with van der Waals surface area (Å²) in [4.78, 5) is 0. The zero-order chi connectivity index (χ0) is 10.5. The topological polar surface area (TPSA) is 46.2 Å². The van der Waals surface area contributed by atoms with E-state index in [2.05, 4.69) is 5.32 Å². The first kappa shape index (κ1) is 12.9. The van der Waals surface area contributed by atoms with Crippen molar-refractivity contribution in [2.45, 2.75) is 33.2 Å². The van der Waals surface area contributed by atoms with Crippen LogP contribution < -0.4 is 5.32 Å². The van der Waals surface area contributed by atoms with Crippen LogP contribution in [-0.2, 0) is 9.84 Å². The first-order valence-electron chi connectivity index (χ1n) is 4.75. The van der Waals surface area contributed by atoms with E-state index in [4.69, 9.17) is 0 Å². The molecule has 3 nitrogen and oxygen atoms in total. The van der Waals surface area contributed by atoms with Crippen molar-refractivity contribution in [3.63, 3.8) is 0 Å². The highest BCUT2D eigenvalue weighted by atomic mass is 32.2. The van der Waals surface area contributed by atoms with Gasteiger partial charge in [0, 0.05) is 6.04 Å². The molecule has 13 heavy (non-hydrogen) atoms. The Bertz CT molecular complexity index is 222. The summed E-state index contributed by atoms with van der Waals surface area (Å²) in [5.41, 5.74) is 0. The number of nitrogens with one attached hydrogen (secondary N) is 1. The first-order valence-corrected chi connectivity index (χ1v) is 6.57. The summed E-state index contributed by atoms with van der Waals surface area (Å²) >= 11 is 0. The number of rotatable bonds is 6. The molecule has 1 unspecified atom stereocenters. The molecular weight excluding hydrogens is 186 g/mol. The lowest BCUT2D eigenvalue weighted by atomic mass is 10.2. The van der Waals surface area contributed by atoms with Crippen molar-refractivity contribution in [2.75, 3.05) is 18.6 Å². The van der Waals surface area contributed by atoms with Gasteiger partial charge in [-0.15, -0.1) is 0 Å². The molecule has 4 heteroatoms. The second kappa shape index (κ2) is 5.60. The van der Waals surface area contributed by atoms with Crippen molar-refractivity contribution >= 4 is 9.84 Å². The van der Waals surface area contributed by atoms with Crippen molar-refractivity contribution in [3.05, 3.63) is 0 Å². The van der Waals surface area contributed by atoms with Crippen LogP contribution in [0.3, 0.4) is 0 Å². The largest absolute Gasteiger partial charge is 0.316 e. The van der Waals surface area contributed by atoms with Gasteiger partial charge in [0.25, 0.3) is 0 Å². The summed E-state index contributed by atoms with van der Waals surface area (Å²) in [6.07, 6.45) is 0.763. The van der Waals surface area contributed by atoms with Gasteiger partial charge in [-0.25, -0.2) is 8.42 Å². The van der Waals surface area contributed by atoms with Crippen LogP contribution in [0.5, 0.6) is 0 Å². The van der Waals surface area contributed by atoms with Gasteiger partial charge in [0.05, 0.1) is 11.5 Å². The van der Waals surface area contributed by atoms with E-state index in [1.807, 2.05) is 20.8 Å². The maximum Gasteiger partial charge on any atom is 0.151 e. The SMILES string of the molecule is CNC(C)CS(=O)(=O)CCC(C)C. The Morgan fingerprint density at radius 2 is 1.77 bits per heavy atom. The molecule has 0 aliphatic rings. The van der Waals surface area contributed by atoms with Crippen LogP contribution in [0.2, 0.25) is 0 Å². The van der Waals surface area contributed by atoms with Crippen LogP contribution in [0.15, 0.2) is 0 Å². The molecule has 0 aromatic carbocycles. The highest BCUT2D eigenvalue weighted by molar-refractivity contribution is 7.91. The molecule has 0 bridgehead atoms. The molecule has 0 aromatic heterocycles. The van der Waals surface area contributed by atoms with Crippen LogP contribution >= 0.6 is 0 Å². The van der Waals surface area contributed by atoms with E-state index in [-0.39, 0.29) is 11.8 Å². The van der Waals surface area contributed by atoms with E-state index in [9.17, 15) is 8.42 Å².